The van der Waals surface area contributed by atoms with Crippen molar-refractivity contribution in [3.63, 3.8) is 0 Å². The highest BCUT2D eigenvalue weighted by molar-refractivity contribution is 14.1. The molecule has 13 heteroatoms. The van der Waals surface area contributed by atoms with Gasteiger partial charge in [0.2, 0.25) is 0 Å². The van der Waals surface area contributed by atoms with Crippen LogP contribution in [-0.4, -0.2) is 28.2 Å². The van der Waals surface area contributed by atoms with Crippen molar-refractivity contribution in [2.24, 2.45) is 4.99 Å². The number of aromatic nitrogens is 1. The lowest BCUT2D eigenvalue weighted by molar-refractivity contribution is -0.384. The number of allylic oxidation sites excluding steroid dienone is 1. The Morgan fingerprint density at radius 2 is 1.96 bits per heavy atom. The largest absolute Gasteiger partial charge is 0.491 e. The maximum Gasteiger partial charge on any atom is 0.338 e. The number of para-hydroxylation sites is 1. The fourth-order valence-electron chi connectivity index (χ4n) is 5.02. The summed E-state index contributed by atoms with van der Waals surface area (Å²) in [6.45, 7) is 7.62. The Morgan fingerprint density at radius 3 is 2.65 bits per heavy atom. The molecule has 1 atom stereocenters. The SMILES string of the molecule is CCOC(=O)C1=C(C)N=c2s/c(=C/c3cc(Br)c(OCc4cccc([N+](=O)[O-])c4)c(I)c3)c(=O)n2[C@H]1c1ccccc1OC(C)C. The smallest absolute Gasteiger partial charge is 0.338 e. The van der Waals surface area contributed by atoms with Gasteiger partial charge in [0, 0.05) is 17.7 Å². The second-order valence-electron chi connectivity index (χ2n) is 10.5. The third-order valence-corrected chi connectivity index (χ3v) is 9.29. The summed E-state index contributed by atoms with van der Waals surface area (Å²) in [5.41, 5.74) is 2.50. The maximum absolute atomic E-state index is 14.1. The summed E-state index contributed by atoms with van der Waals surface area (Å²) in [6, 6.07) is 16.6. The molecule has 0 amide bonds. The Balaban J connectivity index is 1.56. The zero-order valence-electron chi connectivity index (χ0n) is 25.3. The van der Waals surface area contributed by atoms with E-state index in [2.05, 4.69) is 43.5 Å². The molecule has 10 nitrogen and oxygen atoms in total. The van der Waals surface area contributed by atoms with Crippen LogP contribution in [-0.2, 0) is 16.1 Å². The average molecular weight is 818 g/mol. The van der Waals surface area contributed by atoms with Gasteiger partial charge in [-0.2, -0.15) is 0 Å². The molecule has 0 bridgehead atoms. The van der Waals surface area contributed by atoms with Crippen LogP contribution in [0.4, 0.5) is 5.69 Å². The Kier molecular flexibility index (Phi) is 10.4. The number of non-ortho nitro benzene ring substituents is 1. The zero-order chi connectivity index (χ0) is 33.1. The molecule has 0 saturated heterocycles. The van der Waals surface area contributed by atoms with E-state index in [0.717, 1.165) is 9.13 Å². The van der Waals surface area contributed by atoms with E-state index >= 15 is 0 Å². The van der Waals surface area contributed by atoms with E-state index in [1.807, 2.05) is 50.2 Å². The normalized spacial score (nSPS) is 14.6. The molecule has 0 fully saturated rings. The van der Waals surface area contributed by atoms with E-state index < -0.39 is 16.9 Å². The lowest BCUT2D eigenvalue weighted by Crippen LogP contribution is -2.40. The van der Waals surface area contributed by atoms with Crippen molar-refractivity contribution in [3.05, 3.63) is 126 Å². The van der Waals surface area contributed by atoms with Gasteiger partial charge in [0.05, 0.1) is 41.5 Å². The lowest BCUT2D eigenvalue weighted by atomic mass is 9.95. The Labute approximate surface area is 290 Å². The summed E-state index contributed by atoms with van der Waals surface area (Å²) >= 11 is 6.96. The molecule has 0 unspecified atom stereocenters. The first-order valence-corrected chi connectivity index (χ1v) is 17.0. The molecule has 2 heterocycles. The van der Waals surface area contributed by atoms with Gasteiger partial charge in [-0.25, -0.2) is 9.79 Å². The van der Waals surface area contributed by atoms with E-state index in [1.54, 1.807) is 32.1 Å². The molecular weight excluding hydrogens is 789 g/mol. The summed E-state index contributed by atoms with van der Waals surface area (Å²) in [6.07, 6.45) is 1.64. The topological polar surface area (TPSA) is 122 Å². The number of carbonyl (C=O) groups excluding carboxylic acids is 1. The van der Waals surface area contributed by atoms with Gasteiger partial charge in [-0.1, -0.05) is 41.7 Å². The van der Waals surface area contributed by atoms with Crippen molar-refractivity contribution in [2.45, 2.75) is 46.4 Å². The number of nitro benzene ring substituents is 1. The first-order chi connectivity index (χ1) is 22.0. The molecule has 0 radical (unpaired) electrons. The molecule has 3 aromatic carbocycles. The van der Waals surface area contributed by atoms with Gasteiger partial charge in [-0.3, -0.25) is 19.5 Å². The van der Waals surface area contributed by atoms with Crippen LogP contribution in [0.2, 0.25) is 0 Å². The molecule has 0 aliphatic carbocycles. The highest BCUT2D eigenvalue weighted by Gasteiger charge is 2.35. The molecule has 238 valence electrons. The Morgan fingerprint density at radius 1 is 1.20 bits per heavy atom. The monoisotopic (exact) mass is 817 g/mol. The lowest BCUT2D eigenvalue weighted by Gasteiger charge is -2.26. The molecule has 4 aromatic rings. The van der Waals surface area contributed by atoms with Gasteiger partial charge >= 0.3 is 5.97 Å². The molecule has 1 aliphatic heterocycles. The first-order valence-electron chi connectivity index (χ1n) is 14.3. The van der Waals surface area contributed by atoms with Crippen LogP contribution >= 0.6 is 49.9 Å². The van der Waals surface area contributed by atoms with Crippen LogP contribution < -0.4 is 24.4 Å². The van der Waals surface area contributed by atoms with Crippen LogP contribution in [0.1, 0.15) is 50.4 Å². The molecule has 46 heavy (non-hydrogen) atoms. The van der Waals surface area contributed by atoms with Crippen LogP contribution in [0.25, 0.3) is 6.08 Å². The van der Waals surface area contributed by atoms with Crippen molar-refractivity contribution in [1.29, 1.82) is 0 Å². The summed E-state index contributed by atoms with van der Waals surface area (Å²) in [5, 5.41) is 11.1. The molecule has 0 spiro atoms. The average Bonchev–Trinajstić information content (AvgIpc) is 3.30. The standard InChI is InChI=1S/C33H29BrIN3O7S/c1-5-43-32(40)28-19(4)36-33-37(29(28)23-11-6-7-12-26(23)45-18(2)3)31(39)27(46-33)16-21-14-24(34)30(25(35)15-21)44-17-20-9-8-10-22(13-20)38(41)42/h6-16,18,29H,5,17H2,1-4H3/b27-16+/t29-/m0/s1. The molecule has 0 saturated carbocycles. The second-order valence-corrected chi connectivity index (χ2v) is 13.6. The van der Waals surface area contributed by atoms with E-state index in [9.17, 15) is 19.7 Å². The molecule has 1 aliphatic rings. The van der Waals surface area contributed by atoms with E-state index in [0.29, 0.717) is 42.1 Å². The minimum absolute atomic E-state index is 0.00516. The number of carbonyl (C=O) groups is 1. The second kappa shape index (κ2) is 14.3. The highest BCUT2D eigenvalue weighted by Crippen LogP contribution is 2.37. The van der Waals surface area contributed by atoms with Gasteiger partial charge in [-0.05, 0) is 102 Å². The minimum atomic E-state index is -0.802. The van der Waals surface area contributed by atoms with Gasteiger partial charge in [0.25, 0.3) is 11.2 Å². The summed E-state index contributed by atoms with van der Waals surface area (Å²) in [5.74, 6) is 0.594. The predicted molar refractivity (Wildman–Crippen MR) is 187 cm³/mol. The van der Waals surface area contributed by atoms with Crippen molar-refractivity contribution >= 4 is 67.6 Å². The fraction of sp³-hybridized carbons (Fsp3) is 0.242. The van der Waals surface area contributed by atoms with Crippen molar-refractivity contribution in [3.8, 4) is 11.5 Å². The molecule has 0 N–H and O–H groups in total. The first kappa shape index (κ1) is 33.5. The highest BCUT2D eigenvalue weighted by atomic mass is 127. The van der Waals surface area contributed by atoms with Gasteiger partial charge in [0.1, 0.15) is 24.1 Å². The summed E-state index contributed by atoms with van der Waals surface area (Å²) in [7, 11) is 0. The number of benzene rings is 3. The zero-order valence-corrected chi connectivity index (χ0v) is 29.8. The summed E-state index contributed by atoms with van der Waals surface area (Å²) < 4.78 is 20.9. The number of esters is 1. The van der Waals surface area contributed by atoms with Gasteiger partial charge in [0.15, 0.2) is 4.80 Å². The van der Waals surface area contributed by atoms with Crippen molar-refractivity contribution in [1.82, 2.24) is 4.57 Å². The molecule has 1 aromatic heterocycles. The van der Waals surface area contributed by atoms with Crippen LogP contribution in [0.15, 0.2) is 86.2 Å². The number of rotatable bonds is 10. The number of fused-ring (bicyclic) bond motifs is 1. The van der Waals surface area contributed by atoms with E-state index in [4.69, 9.17) is 14.2 Å². The number of halogens is 2. The Hall–Kier alpha value is -3.82. The van der Waals surface area contributed by atoms with Crippen molar-refractivity contribution in [2.75, 3.05) is 6.61 Å². The third-order valence-electron chi connectivity index (χ3n) is 6.92. The number of nitro groups is 1. The van der Waals surface area contributed by atoms with Crippen LogP contribution in [0, 0.1) is 13.7 Å². The van der Waals surface area contributed by atoms with Gasteiger partial charge in [-0.15, -0.1) is 0 Å². The van der Waals surface area contributed by atoms with Crippen LogP contribution in [0.5, 0.6) is 11.5 Å². The number of hydrogen-bond acceptors (Lipinski definition) is 9. The molecular formula is C33H29BrIN3O7S. The van der Waals surface area contributed by atoms with E-state index in [-0.39, 0.29) is 36.1 Å². The fourth-order valence-corrected chi connectivity index (χ4v) is 7.84. The van der Waals surface area contributed by atoms with E-state index in [1.165, 1.54) is 28.0 Å². The van der Waals surface area contributed by atoms with Crippen LogP contribution in [0.3, 0.4) is 0 Å². The predicted octanol–water partition coefficient (Wildman–Crippen LogP) is 6.44. The number of ether oxygens (including phenoxy) is 3. The number of nitrogens with zero attached hydrogens (tertiary/aromatic N) is 3. The van der Waals surface area contributed by atoms with Gasteiger partial charge < -0.3 is 14.2 Å². The maximum atomic E-state index is 14.1. The quantitative estimate of drug-likeness (QED) is 0.0782. The number of thiazole rings is 1. The minimum Gasteiger partial charge on any atom is -0.491 e. The number of hydrogen-bond donors (Lipinski definition) is 0. The third kappa shape index (κ3) is 7.10. The molecule has 5 rings (SSSR count). The Bertz CT molecular complexity index is 2030. The summed E-state index contributed by atoms with van der Waals surface area (Å²) in [4.78, 5) is 43.2. The van der Waals surface area contributed by atoms with Crippen molar-refractivity contribution < 1.29 is 23.9 Å².